The third kappa shape index (κ3) is 2.33. The van der Waals surface area contributed by atoms with Gasteiger partial charge in [-0.2, -0.15) is 0 Å². The first-order valence-electron chi connectivity index (χ1n) is 5.94. The van der Waals surface area contributed by atoms with E-state index in [1.165, 1.54) is 0 Å². The highest BCUT2D eigenvalue weighted by molar-refractivity contribution is 5.85. The molecule has 1 aromatic carbocycles. The lowest BCUT2D eigenvalue weighted by Crippen LogP contribution is -2.28. The average molecular weight is 251 g/mol. The SMILES string of the molecule is CCCN(CCO)c1cc2[nH]c(=O)oc2cc1N. The summed E-state index contributed by atoms with van der Waals surface area (Å²) in [6.45, 7) is 3.40. The Morgan fingerprint density at radius 2 is 2.22 bits per heavy atom. The number of nitrogens with zero attached hydrogens (tertiary/aromatic N) is 1. The van der Waals surface area contributed by atoms with Crippen molar-refractivity contribution < 1.29 is 9.52 Å². The van der Waals surface area contributed by atoms with Crippen LogP contribution in [-0.4, -0.2) is 29.8 Å². The second kappa shape index (κ2) is 5.14. The van der Waals surface area contributed by atoms with E-state index in [4.69, 9.17) is 15.3 Å². The van der Waals surface area contributed by atoms with Gasteiger partial charge in [0.25, 0.3) is 0 Å². The predicted octanol–water partition coefficient (Wildman–Crippen LogP) is 0.912. The van der Waals surface area contributed by atoms with Gasteiger partial charge in [0.15, 0.2) is 5.58 Å². The number of benzene rings is 1. The molecule has 0 unspecified atom stereocenters. The fourth-order valence-electron chi connectivity index (χ4n) is 2.02. The number of oxazole rings is 1. The van der Waals surface area contributed by atoms with Crippen LogP contribution < -0.4 is 16.4 Å². The number of H-pyrrole nitrogens is 1. The number of aliphatic hydroxyl groups excluding tert-OH is 1. The zero-order chi connectivity index (χ0) is 13.1. The maximum atomic E-state index is 11.1. The van der Waals surface area contributed by atoms with E-state index >= 15 is 0 Å². The van der Waals surface area contributed by atoms with Gasteiger partial charge in [0.05, 0.1) is 23.5 Å². The van der Waals surface area contributed by atoms with Crippen LogP contribution in [0.5, 0.6) is 0 Å². The zero-order valence-electron chi connectivity index (χ0n) is 10.3. The number of nitrogens with two attached hydrogens (primary N) is 1. The molecule has 6 nitrogen and oxygen atoms in total. The molecule has 0 saturated heterocycles. The summed E-state index contributed by atoms with van der Waals surface area (Å²) in [6, 6.07) is 3.41. The third-order valence-corrected chi connectivity index (χ3v) is 2.77. The fourth-order valence-corrected chi connectivity index (χ4v) is 2.02. The summed E-state index contributed by atoms with van der Waals surface area (Å²) in [5.74, 6) is -0.495. The molecule has 0 spiro atoms. The van der Waals surface area contributed by atoms with Gasteiger partial charge < -0.3 is 20.2 Å². The lowest BCUT2D eigenvalue weighted by molar-refractivity contribution is 0.302. The lowest BCUT2D eigenvalue weighted by atomic mass is 10.2. The molecule has 0 aliphatic rings. The Balaban J connectivity index is 2.47. The minimum atomic E-state index is -0.495. The van der Waals surface area contributed by atoms with Gasteiger partial charge in [0.1, 0.15) is 0 Å². The van der Waals surface area contributed by atoms with E-state index in [2.05, 4.69) is 11.9 Å². The first-order chi connectivity index (χ1) is 8.65. The van der Waals surface area contributed by atoms with Crippen LogP contribution in [-0.2, 0) is 0 Å². The molecule has 0 radical (unpaired) electrons. The van der Waals surface area contributed by atoms with Crippen LogP contribution in [0, 0.1) is 0 Å². The van der Waals surface area contributed by atoms with Crippen molar-refractivity contribution in [3.8, 4) is 0 Å². The zero-order valence-corrected chi connectivity index (χ0v) is 10.3. The Kier molecular flexibility index (Phi) is 3.57. The minimum Gasteiger partial charge on any atom is -0.408 e. The standard InChI is InChI=1S/C12H17N3O3/c1-2-3-15(4-5-16)10-7-9-11(6-8(10)13)18-12(17)14-9/h6-7,16H,2-5,13H2,1H3,(H,14,17). The number of hydrogen-bond donors (Lipinski definition) is 3. The Labute approximate surface area is 104 Å². The molecular formula is C12H17N3O3. The van der Waals surface area contributed by atoms with Gasteiger partial charge in [-0.3, -0.25) is 4.98 Å². The first-order valence-corrected chi connectivity index (χ1v) is 5.94. The average Bonchev–Trinajstić information content (AvgIpc) is 2.67. The van der Waals surface area contributed by atoms with Crippen molar-refractivity contribution in [2.24, 2.45) is 0 Å². The highest BCUT2D eigenvalue weighted by atomic mass is 16.4. The van der Waals surface area contributed by atoms with Crippen LogP contribution in [0.3, 0.4) is 0 Å². The summed E-state index contributed by atoms with van der Waals surface area (Å²) >= 11 is 0. The van der Waals surface area contributed by atoms with E-state index in [1.807, 2.05) is 4.90 Å². The number of aromatic nitrogens is 1. The number of nitrogens with one attached hydrogen (secondary N) is 1. The van der Waals surface area contributed by atoms with Crippen molar-refractivity contribution in [3.05, 3.63) is 22.7 Å². The first kappa shape index (κ1) is 12.5. The van der Waals surface area contributed by atoms with Gasteiger partial charge >= 0.3 is 5.76 Å². The molecule has 6 heteroatoms. The van der Waals surface area contributed by atoms with Gasteiger partial charge in [-0.1, -0.05) is 6.92 Å². The largest absolute Gasteiger partial charge is 0.417 e. The Morgan fingerprint density at radius 1 is 1.44 bits per heavy atom. The van der Waals surface area contributed by atoms with E-state index in [9.17, 15) is 4.79 Å². The van der Waals surface area contributed by atoms with Crippen molar-refractivity contribution >= 4 is 22.5 Å². The van der Waals surface area contributed by atoms with Gasteiger partial charge in [0, 0.05) is 19.2 Å². The van der Waals surface area contributed by atoms with Crippen LogP contribution in [0.15, 0.2) is 21.3 Å². The van der Waals surface area contributed by atoms with Crippen LogP contribution in [0.4, 0.5) is 11.4 Å². The summed E-state index contributed by atoms with van der Waals surface area (Å²) in [5.41, 5.74) is 8.35. The molecule has 0 saturated carbocycles. The summed E-state index contributed by atoms with van der Waals surface area (Å²) < 4.78 is 4.94. The van der Waals surface area contributed by atoms with Crippen LogP contribution >= 0.6 is 0 Å². The highest BCUT2D eigenvalue weighted by Crippen LogP contribution is 2.27. The Hall–Kier alpha value is -1.95. The second-order valence-corrected chi connectivity index (χ2v) is 4.13. The number of anilines is 2. The molecule has 0 atom stereocenters. The third-order valence-electron chi connectivity index (χ3n) is 2.77. The number of aliphatic hydroxyl groups is 1. The summed E-state index contributed by atoms with van der Waals surface area (Å²) in [6.07, 6.45) is 0.944. The molecular weight excluding hydrogens is 234 g/mol. The minimum absolute atomic E-state index is 0.0549. The van der Waals surface area contributed by atoms with E-state index in [0.29, 0.717) is 23.3 Å². The van der Waals surface area contributed by atoms with Crippen molar-refractivity contribution in [3.63, 3.8) is 0 Å². The highest BCUT2D eigenvalue weighted by Gasteiger charge is 2.12. The summed E-state index contributed by atoms with van der Waals surface area (Å²) in [4.78, 5) is 15.7. The molecule has 1 heterocycles. The molecule has 0 aliphatic heterocycles. The molecule has 18 heavy (non-hydrogen) atoms. The smallest absolute Gasteiger partial charge is 0.408 e. The number of fused-ring (bicyclic) bond motifs is 1. The fraction of sp³-hybridized carbons (Fsp3) is 0.417. The van der Waals surface area contributed by atoms with Crippen LogP contribution in [0.25, 0.3) is 11.1 Å². The monoisotopic (exact) mass is 251 g/mol. The van der Waals surface area contributed by atoms with Gasteiger partial charge in [0.2, 0.25) is 0 Å². The molecule has 0 amide bonds. The molecule has 2 aromatic rings. The molecule has 4 N–H and O–H groups in total. The van der Waals surface area contributed by atoms with Crippen molar-refractivity contribution in [1.29, 1.82) is 0 Å². The quantitative estimate of drug-likeness (QED) is 0.686. The molecule has 1 aromatic heterocycles. The van der Waals surface area contributed by atoms with E-state index in [0.717, 1.165) is 18.7 Å². The number of aromatic amines is 1. The second-order valence-electron chi connectivity index (χ2n) is 4.13. The molecule has 0 bridgehead atoms. The van der Waals surface area contributed by atoms with Crippen molar-refractivity contribution in [2.75, 3.05) is 30.3 Å². The molecule has 0 fully saturated rings. The Morgan fingerprint density at radius 3 is 2.89 bits per heavy atom. The maximum Gasteiger partial charge on any atom is 0.417 e. The van der Waals surface area contributed by atoms with Crippen molar-refractivity contribution in [1.82, 2.24) is 4.98 Å². The summed E-state index contributed by atoms with van der Waals surface area (Å²) in [5, 5.41) is 9.07. The lowest BCUT2D eigenvalue weighted by Gasteiger charge is -2.24. The van der Waals surface area contributed by atoms with Gasteiger partial charge in [-0.05, 0) is 12.5 Å². The van der Waals surface area contributed by atoms with Gasteiger partial charge in [-0.25, -0.2) is 4.79 Å². The number of hydrogen-bond acceptors (Lipinski definition) is 5. The maximum absolute atomic E-state index is 11.1. The van der Waals surface area contributed by atoms with Crippen LogP contribution in [0.1, 0.15) is 13.3 Å². The topological polar surface area (TPSA) is 95.5 Å². The number of nitrogen functional groups attached to an aromatic ring is 1. The molecule has 0 aliphatic carbocycles. The normalized spacial score (nSPS) is 11.0. The van der Waals surface area contributed by atoms with Crippen LogP contribution in [0.2, 0.25) is 0 Å². The molecule has 2 rings (SSSR count). The predicted molar refractivity (Wildman–Crippen MR) is 70.8 cm³/mol. The van der Waals surface area contributed by atoms with Gasteiger partial charge in [-0.15, -0.1) is 0 Å². The Bertz CT molecular complexity index is 582. The van der Waals surface area contributed by atoms with E-state index in [-0.39, 0.29) is 6.61 Å². The number of rotatable bonds is 5. The van der Waals surface area contributed by atoms with E-state index < -0.39 is 5.76 Å². The molecule has 98 valence electrons. The summed E-state index contributed by atoms with van der Waals surface area (Å²) in [7, 11) is 0. The van der Waals surface area contributed by atoms with Crippen molar-refractivity contribution in [2.45, 2.75) is 13.3 Å². The van der Waals surface area contributed by atoms with E-state index in [1.54, 1.807) is 12.1 Å².